The summed E-state index contributed by atoms with van der Waals surface area (Å²) in [5.74, 6) is 0.660. The molecular weight excluding hydrogens is 442 g/mol. The SMILES string of the molecule is C=C=C.C=C=C=C=C=C=C.CCCCS(=O)c1sc2nc(-c3nccs3)ccc2c1N. The van der Waals surface area contributed by atoms with Crippen molar-refractivity contribution in [2.24, 2.45) is 0 Å². The zero-order valence-electron chi connectivity index (χ0n) is 17.4. The highest BCUT2D eigenvalue weighted by Crippen LogP contribution is 2.36. The summed E-state index contributed by atoms with van der Waals surface area (Å²) in [5, 5.41) is 3.70. The Kier molecular flexibility index (Phi) is 12.3. The predicted molar refractivity (Wildman–Crippen MR) is 135 cm³/mol. The Bertz CT molecular complexity index is 1210. The van der Waals surface area contributed by atoms with Crippen LogP contribution < -0.4 is 5.73 Å². The summed E-state index contributed by atoms with van der Waals surface area (Å²) in [6.45, 7) is 14.8. The molecule has 0 bridgehead atoms. The van der Waals surface area contributed by atoms with Crippen LogP contribution in [-0.4, -0.2) is 19.9 Å². The molecule has 0 amide bonds. The van der Waals surface area contributed by atoms with Gasteiger partial charge in [-0.3, -0.25) is 4.21 Å². The topological polar surface area (TPSA) is 68.9 Å². The minimum absolute atomic E-state index is 0.614. The van der Waals surface area contributed by atoms with Crippen LogP contribution in [0.5, 0.6) is 0 Å². The van der Waals surface area contributed by atoms with Gasteiger partial charge in [-0.15, -0.1) is 28.4 Å². The van der Waals surface area contributed by atoms with E-state index >= 15 is 0 Å². The van der Waals surface area contributed by atoms with Crippen molar-refractivity contribution in [1.29, 1.82) is 0 Å². The summed E-state index contributed by atoms with van der Waals surface area (Å²) in [6, 6.07) is 3.87. The molecule has 1 atom stereocenters. The van der Waals surface area contributed by atoms with Crippen LogP contribution in [0.15, 0.2) is 88.6 Å². The highest BCUT2D eigenvalue weighted by Gasteiger charge is 2.16. The average Bonchev–Trinajstić information content (AvgIpc) is 3.42. The molecule has 0 saturated heterocycles. The highest BCUT2D eigenvalue weighted by atomic mass is 32.2. The maximum atomic E-state index is 12.3. The van der Waals surface area contributed by atoms with Crippen molar-refractivity contribution < 1.29 is 4.21 Å². The van der Waals surface area contributed by atoms with Crippen LogP contribution in [0.3, 0.4) is 0 Å². The van der Waals surface area contributed by atoms with Gasteiger partial charge in [0.2, 0.25) is 0 Å². The normalized spacial score (nSPS) is 9.71. The Hall–Kier alpha value is -3.15. The monoisotopic (exact) mass is 465 g/mol. The second-order valence-electron chi connectivity index (χ2n) is 5.57. The van der Waals surface area contributed by atoms with E-state index in [-0.39, 0.29) is 0 Å². The molecule has 3 aromatic rings. The summed E-state index contributed by atoms with van der Waals surface area (Å²) in [6.07, 6.45) is 3.74. The molecule has 3 rings (SSSR count). The summed E-state index contributed by atoms with van der Waals surface area (Å²) in [7, 11) is -1.03. The number of thiophene rings is 1. The maximum absolute atomic E-state index is 12.3. The van der Waals surface area contributed by atoms with Crippen molar-refractivity contribution in [2.75, 3.05) is 11.5 Å². The molecule has 0 aliphatic carbocycles. The molecule has 0 aliphatic heterocycles. The van der Waals surface area contributed by atoms with E-state index in [4.69, 9.17) is 5.73 Å². The van der Waals surface area contributed by atoms with Crippen molar-refractivity contribution in [2.45, 2.75) is 24.0 Å². The number of pyridine rings is 1. The van der Waals surface area contributed by atoms with Crippen molar-refractivity contribution in [3.8, 4) is 10.7 Å². The van der Waals surface area contributed by atoms with E-state index in [1.807, 2.05) is 17.5 Å². The fourth-order valence-corrected chi connectivity index (χ4v) is 5.49. The number of fused-ring (bicyclic) bond motifs is 1. The fourth-order valence-electron chi connectivity index (χ4n) is 2.10. The molecule has 158 valence electrons. The predicted octanol–water partition coefficient (Wildman–Crippen LogP) is 6.44. The maximum Gasteiger partial charge on any atom is 0.141 e. The highest BCUT2D eigenvalue weighted by molar-refractivity contribution is 7.87. The van der Waals surface area contributed by atoms with Crippen LogP contribution in [-0.2, 0) is 10.8 Å². The number of nitrogens with zero attached hydrogens (tertiary/aromatic N) is 2. The average molecular weight is 466 g/mol. The first-order chi connectivity index (χ1) is 15.0. The van der Waals surface area contributed by atoms with Crippen LogP contribution in [0.1, 0.15) is 19.8 Å². The number of unbranched alkanes of at least 4 members (excludes halogenated alkanes) is 1. The molecule has 3 heterocycles. The number of hydrogen-bond donors (Lipinski definition) is 1. The third kappa shape index (κ3) is 8.24. The molecular formula is C24H23N3OS3. The van der Waals surface area contributed by atoms with Gasteiger partial charge in [0.1, 0.15) is 19.7 Å². The van der Waals surface area contributed by atoms with Crippen LogP contribution in [0.4, 0.5) is 5.69 Å². The number of rotatable bonds is 5. The Morgan fingerprint density at radius 2 is 1.81 bits per heavy atom. The molecule has 0 fully saturated rings. The molecule has 2 N–H and O–H groups in total. The minimum atomic E-state index is -1.03. The van der Waals surface area contributed by atoms with Crippen LogP contribution in [0.2, 0.25) is 0 Å². The molecule has 0 spiro atoms. The van der Waals surface area contributed by atoms with E-state index in [9.17, 15) is 4.21 Å². The third-order valence-corrected chi connectivity index (χ3v) is 7.21. The van der Waals surface area contributed by atoms with Gasteiger partial charge in [-0.25, -0.2) is 9.97 Å². The Morgan fingerprint density at radius 1 is 1.13 bits per heavy atom. The van der Waals surface area contributed by atoms with Gasteiger partial charge in [-0.05, 0) is 48.9 Å². The molecule has 0 radical (unpaired) electrons. The summed E-state index contributed by atoms with van der Waals surface area (Å²) in [5.41, 5.74) is 21.9. The molecule has 4 nitrogen and oxygen atoms in total. The Morgan fingerprint density at radius 3 is 2.35 bits per heavy atom. The summed E-state index contributed by atoms with van der Waals surface area (Å²) >= 11 is 2.99. The molecule has 3 aromatic heterocycles. The van der Waals surface area contributed by atoms with E-state index in [0.29, 0.717) is 11.4 Å². The van der Waals surface area contributed by atoms with Crippen molar-refractivity contribution in [3.05, 3.63) is 84.4 Å². The number of nitrogens with two attached hydrogens (primary N) is 1. The van der Waals surface area contributed by atoms with Gasteiger partial charge in [-0.1, -0.05) is 38.0 Å². The summed E-state index contributed by atoms with van der Waals surface area (Å²) in [4.78, 5) is 9.71. The first-order valence-electron chi connectivity index (χ1n) is 9.09. The van der Waals surface area contributed by atoms with E-state index < -0.39 is 10.8 Å². The van der Waals surface area contributed by atoms with Crippen molar-refractivity contribution in [3.63, 3.8) is 0 Å². The van der Waals surface area contributed by atoms with E-state index in [1.54, 1.807) is 17.5 Å². The number of nitrogen functional groups attached to an aromatic ring is 1. The van der Waals surface area contributed by atoms with Gasteiger partial charge in [0.15, 0.2) is 0 Å². The molecule has 1 unspecified atom stereocenters. The quantitative estimate of drug-likeness (QED) is 0.440. The van der Waals surface area contributed by atoms with E-state index in [0.717, 1.165) is 38.0 Å². The van der Waals surface area contributed by atoms with Crippen LogP contribution >= 0.6 is 22.7 Å². The Labute approximate surface area is 193 Å². The number of anilines is 1. The largest absolute Gasteiger partial charge is 0.397 e. The lowest BCUT2D eigenvalue weighted by atomic mass is 10.3. The van der Waals surface area contributed by atoms with Gasteiger partial charge >= 0.3 is 0 Å². The number of thiazole rings is 1. The lowest BCUT2D eigenvalue weighted by Crippen LogP contribution is -1.98. The Balaban J connectivity index is 0.000000406. The third-order valence-electron chi connectivity index (χ3n) is 3.40. The van der Waals surface area contributed by atoms with Crippen molar-refractivity contribution in [1.82, 2.24) is 9.97 Å². The van der Waals surface area contributed by atoms with E-state index in [2.05, 4.69) is 77.6 Å². The zero-order valence-corrected chi connectivity index (χ0v) is 19.8. The first kappa shape index (κ1) is 25.9. The summed E-state index contributed by atoms with van der Waals surface area (Å²) < 4.78 is 13.1. The van der Waals surface area contributed by atoms with Gasteiger partial charge in [-0.2, -0.15) is 0 Å². The number of aromatic nitrogens is 2. The standard InChI is InChI=1S/C14H15N3OS3.C7H4.C3H4/c1-2-3-8-21(18)14-11(15)9-4-5-10(17-12(9)20-14)13-16-6-7-19-13;1-3-5-7-6-4-2;1-3-2/h4-7H,2-3,8,15H2,1H3;1-2H2;1-2H2. The van der Waals surface area contributed by atoms with Gasteiger partial charge in [0, 0.05) is 22.7 Å². The van der Waals surface area contributed by atoms with Crippen LogP contribution in [0, 0.1) is 0 Å². The van der Waals surface area contributed by atoms with Gasteiger partial charge in [0.25, 0.3) is 0 Å². The smallest absolute Gasteiger partial charge is 0.141 e. The van der Waals surface area contributed by atoms with Gasteiger partial charge in [0.05, 0.1) is 16.5 Å². The second kappa shape index (κ2) is 14.8. The van der Waals surface area contributed by atoms with Crippen molar-refractivity contribution >= 4 is 49.4 Å². The zero-order chi connectivity index (χ0) is 23.1. The minimum Gasteiger partial charge on any atom is -0.397 e. The van der Waals surface area contributed by atoms with Crippen LogP contribution in [0.25, 0.3) is 20.9 Å². The molecule has 7 heteroatoms. The molecule has 0 aliphatic rings. The van der Waals surface area contributed by atoms with Gasteiger partial charge < -0.3 is 5.73 Å². The first-order valence-corrected chi connectivity index (χ1v) is 12.1. The molecule has 31 heavy (non-hydrogen) atoms. The van der Waals surface area contributed by atoms with E-state index in [1.165, 1.54) is 11.3 Å². The second-order valence-corrected chi connectivity index (χ2v) is 9.23. The lowest BCUT2D eigenvalue weighted by Gasteiger charge is -1.99. The molecule has 0 saturated carbocycles. The molecule has 0 aromatic carbocycles. The fraction of sp³-hybridized carbons (Fsp3) is 0.167. The number of hydrogen-bond acceptors (Lipinski definition) is 6. The lowest BCUT2D eigenvalue weighted by molar-refractivity contribution is 0.681.